The highest BCUT2D eigenvalue weighted by Crippen LogP contribution is 2.18. The lowest BCUT2D eigenvalue weighted by molar-refractivity contribution is 0.0162. The highest BCUT2D eigenvalue weighted by atomic mass is 16.6. The molecule has 102 valence electrons. The van der Waals surface area contributed by atoms with Gasteiger partial charge in [0.05, 0.1) is 6.54 Å². The summed E-state index contributed by atoms with van der Waals surface area (Å²) in [7, 11) is 2.04. The average Bonchev–Trinajstić information content (AvgIpc) is 2.27. The summed E-state index contributed by atoms with van der Waals surface area (Å²) in [6.45, 7) is 7.81. The van der Waals surface area contributed by atoms with E-state index in [-0.39, 0.29) is 6.09 Å². The van der Waals surface area contributed by atoms with Gasteiger partial charge < -0.3 is 9.64 Å². The molecule has 0 unspecified atom stereocenters. The van der Waals surface area contributed by atoms with Gasteiger partial charge in [-0.1, -0.05) is 5.92 Å². The largest absolute Gasteiger partial charge is 0.444 e. The van der Waals surface area contributed by atoms with Crippen molar-refractivity contribution in [3.8, 4) is 12.3 Å². The highest BCUT2D eigenvalue weighted by Gasteiger charge is 2.27. The van der Waals surface area contributed by atoms with Gasteiger partial charge in [-0.05, 0) is 40.7 Å². The van der Waals surface area contributed by atoms with Crippen LogP contribution >= 0.6 is 0 Å². The molecule has 4 nitrogen and oxygen atoms in total. The Kier molecular flexibility index (Phi) is 5.03. The minimum absolute atomic E-state index is 0.208. The fourth-order valence-electron chi connectivity index (χ4n) is 2.09. The number of hydrogen-bond acceptors (Lipinski definition) is 3. The van der Waals surface area contributed by atoms with Gasteiger partial charge in [0.1, 0.15) is 5.60 Å². The van der Waals surface area contributed by atoms with Crippen LogP contribution in [0, 0.1) is 12.3 Å². The zero-order chi connectivity index (χ0) is 13.8. The number of ether oxygens (including phenoxy) is 1. The molecule has 0 aromatic rings. The second-order valence-corrected chi connectivity index (χ2v) is 5.82. The predicted octanol–water partition coefficient (Wildman–Crippen LogP) is 1.95. The molecule has 1 fully saturated rings. The number of terminal acetylenes is 1. The molecule has 1 aliphatic heterocycles. The van der Waals surface area contributed by atoms with Crippen molar-refractivity contribution >= 4 is 6.09 Å². The van der Waals surface area contributed by atoms with E-state index < -0.39 is 5.60 Å². The molecule has 0 spiro atoms. The van der Waals surface area contributed by atoms with Crippen LogP contribution in [-0.2, 0) is 4.74 Å². The molecular formula is C14H24N2O2. The van der Waals surface area contributed by atoms with Gasteiger partial charge in [-0.2, -0.15) is 0 Å². The first kappa shape index (κ1) is 14.8. The van der Waals surface area contributed by atoms with Crippen molar-refractivity contribution in [2.24, 2.45) is 0 Å². The molecule has 0 radical (unpaired) electrons. The Labute approximate surface area is 110 Å². The first-order chi connectivity index (χ1) is 8.33. The molecule has 1 rings (SSSR count). The first-order valence-electron chi connectivity index (χ1n) is 6.45. The summed E-state index contributed by atoms with van der Waals surface area (Å²) in [6, 6.07) is 0.472. The lowest BCUT2D eigenvalue weighted by Gasteiger charge is -2.36. The Morgan fingerprint density at radius 1 is 1.44 bits per heavy atom. The van der Waals surface area contributed by atoms with Crippen LogP contribution in [0.15, 0.2) is 0 Å². The Morgan fingerprint density at radius 3 is 2.44 bits per heavy atom. The molecule has 1 heterocycles. The molecule has 4 heteroatoms. The van der Waals surface area contributed by atoms with Gasteiger partial charge in [0.15, 0.2) is 0 Å². The maximum Gasteiger partial charge on any atom is 0.410 e. The van der Waals surface area contributed by atoms with E-state index in [0.29, 0.717) is 12.6 Å². The summed E-state index contributed by atoms with van der Waals surface area (Å²) in [5.41, 5.74) is -0.422. The summed E-state index contributed by atoms with van der Waals surface area (Å²) in [6.07, 6.45) is 7.01. The highest BCUT2D eigenvalue weighted by molar-refractivity contribution is 5.68. The molecule has 0 bridgehead atoms. The van der Waals surface area contributed by atoms with Crippen LogP contribution in [0.4, 0.5) is 4.79 Å². The van der Waals surface area contributed by atoms with Crippen LogP contribution in [0.1, 0.15) is 33.6 Å². The van der Waals surface area contributed by atoms with Gasteiger partial charge in [-0.15, -0.1) is 6.42 Å². The van der Waals surface area contributed by atoms with Gasteiger partial charge in [-0.25, -0.2) is 4.79 Å². The topological polar surface area (TPSA) is 32.8 Å². The summed E-state index contributed by atoms with van der Waals surface area (Å²) in [5.74, 6) is 2.65. The van der Waals surface area contributed by atoms with E-state index in [2.05, 4.69) is 10.8 Å². The van der Waals surface area contributed by atoms with E-state index in [0.717, 1.165) is 25.9 Å². The van der Waals surface area contributed by atoms with Crippen LogP contribution < -0.4 is 0 Å². The fraction of sp³-hybridized carbons (Fsp3) is 0.786. The van der Waals surface area contributed by atoms with E-state index >= 15 is 0 Å². The Bertz CT molecular complexity index is 320. The number of piperidine rings is 1. The third-order valence-corrected chi connectivity index (χ3v) is 3.08. The Hall–Kier alpha value is -1.21. The van der Waals surface area contributed by atoms with Gasteiger partial charge in [0.25, 0.3) is 0 Å². The number of likely N-dealkylation sites (tertiary alicyclic amines) is 1. The quantitative estimate of drug-likeness (QED) is 0.704. The first-order valence-corrected chi connectivity index (χ1v) is 6.45. The van der Waals surface area contributed by atoms with Gasteiger partial charge in [-0.3, -0.25) is 4.90 Å². The predicted molar refractivity (Wildman–Crippen MR) is 72.3 cm³/mol. The maximum atomic E-state index is 11.9. The molecule has 18 heavy (non-hydrogen) atoms. The lowest BCUT2D eigenvalue weighted by atomic mass is 10.0. The molecule has 0 aromatic carbocycles. The molecule has 1 amide bonds. The minimum Gasteiger partial charge on any atom is -0.444 e. The Balaban J connectivity index is 2.40. The zero-order valence-electron chi connectivity index (χ0n) is 11.9. The van der Waals surface area contributed by atoms with Crippen LogP contribution in [-0.4, -0.2) is 54.2 Å². The van der Waals surface area contributed by atoms with Crippen molar-refractivity contribution < 1.29 is 9.53 Å². The van der Waals surface area contributed by atoms with Crippen molar-refractivity contribution in [3.63, 3.8) is 0 Å². The van der Waals surface area contributed by atoms with Crippen molar-refractivity contribution in [1.29, 1.82) is 0 Å². The third-order valence-electron chi connectivity index (χ3n) is 3.08. The van der Waals surface area contributed by atoms with E-state index in [1.807, 2.05) is 27.8 Å². The minimum atomic E-state index is -0.422. The molecule has 0 atom stereocenters. The van der Waals surface area contributed by atoms with Crippen molar-refractivity contribution in [2.75, 3.05) is 26.7 Å². The molecule has 0 saturated carbocycles. The number of amides is 1. The fourth-order valence-corrected chi connectivity index (χ4v) is 2.09. The van der Waals surface area contributed by atoms with Crippen LogP contribution in [0.3, 0.4) is 0 Å². The van der Waals surface area contributed by atoms with Gasteiger partial charge >= 0.3 is 6.09 Å². The number of nitrogens with zero attached hydrogens (tertiary/aromatic N) is 2. The average molecular weight is 252 g/mol. The number of carbonyl (C=O) groups is 1. The van der Waals surface area contributed by atoms with E-state index in [9.17, 15) is 4.79 Å². The lowest BCUT2D eigenvalue weighted by Crippen LogP contribution is -2.47. The molecular weight excluding hydrogens is 228 g/mol. The molecule has 0 aliphatic carbocycles. The normalized spacial score (nSPS) is 17.7. The molecule has 1 saturated heterocycles. The smallest absolute Gasteiger partial charge is 0.410 e. The summed E-state index contributed by atoms with van der Waals surface area (Å²) in [4.78, 5) is 15.8. The van der Waals surface area contributed by atoms with E-state index in [1.165, 1.54) is 0 Å². The molecule has 0 N–H and O–H groups in total. The van der Waals surface area contributed by atoms with Crippen LogP contribution in [0.5, 0.6) is 0 Å². The third kappa shape index (κ3) is 4.58. The van der Waals surface area contributed by atoms with Crippen molar-refractivity contribution in [3.05, 3.63) is 0 Å². The number of carbonyl (C=O) groups excluding carboxylic acids is 1. The second-order valence-electron chi connectivity index (χ2n) is 5.82. The number of hydrogen-bond donors (Lipinski definition) is 0. The summed E-state index contributed by atoms with van der Waals surface area (Å²) in [5, 5.41) is 0. The van der Waals surface area contributed by atoms with E-state index in [4.69, 9.17) is 11.2 Å². The standard InChI is InChI=1S/C14H24N2O2/c1-6-9-15(5)12-7-10-16(11-8-12)13(17)18-14(2,3)4/h1,12H,7-11H2,2-5H3. The molecule has 0 aromatic heterocycles. The maximum absolute atomic E-state index is 11.9. The van der Waals surface area contributed by atoms with Crippen molar-refractivity contribution in [1.82, 2.24) is 9.80 Å². The van der Waals surface area contributed by atoms with Crippen molar-refractivity contribution in [2.45, 2.75) is 45.3 Å². The monoisotopic (exact) mass is 252 g/mol. The summed E-state index contributed by atoms with van der Waals surface area (Å²) < 4.78 is 5.36. The molecule has 1 aliphatic rings. The van der Waals surface area contributed by atoms with Crippen LogP contribution in [0.25, 0.3) is 0 Å². The van der Waals surface area contributed by atoms with Gasteiger partial charge in [0, 0.05) is 19.1 Å². The Morgan fingerprint density at radius 2 is 2.00 bits per heavy atom. The van der Waals surface area contributed by atoms with Gasteiger partial charge in [0.2, 0.25) is 0 Å². The van der Waals surface area contributed by atoms with Crippen LogP contribution in [0.2, 0.25) is 0 Å². The SMILES string of the molecule is C#CCN(C)C1CCN(C(=O)OC(C)(C)C)CC1. The summed E-state index contributed by atoms with van der Waals surface area (Å²) >= 11 is 0. The second kappa shape index (κ2) is 6.10. The van der Waals surface area contributed by atoms with E-state index in [1.54, 1.807) is 4.90 Å². The zero-order valence-corrected chi connectivity index (χ0v) is 11.9. The number of rotatable bonds is 2.